The summed E-state index contributed by atoms with van der Waals surface area (Å²) in [5.41, 5.74) is -1.36. The predicted octanol–water partition coefficient (Wildman–Crippen LogP) is 5.41. The summed E-state index contributed by atoms with van der Waals surface area (Å²) in [6.45, 7) is 3.10. The third-order valence-electron chi connectivity index (χ3n) is 3.20. The van der Waals surface area contributed by atoms with Crippen molar-refractivity contribution in [1.82, 2.24) is 0 Å². The molecule has 0 fully saturated rings. The van der Waals surface area contributed by atoms with Crippen LogP contribution in [0.3, 0.4) is 0 Å². The SMILES string of the molecule is Cc1cccc(C)c1-c1cc(C(F)(F)F)c(F)c(F)c1F. The minimum Gasteiger partial charge on any atom is -0.203 e. The largest absolute Gasteiger partial charge is 0.419 e. The van der Waals surface area contributed by atoms with Gasteiger partial charge in [-0.05, 0) is 36.6 Å². The predicted molar refractivity (Wildman–Crippen MR) is 66.2 cm³/mol. The number of alkyl halides is 3. The van der Waals surface area contributed by atoms with E-state index in [4.69, 9.17) is 0 Å². The van der Waals surface area contributed by atoms with Crippen LogP contribution in [0.15, 0.2) is 24.3 Å². The van der Waals surface area contributed by atoms with E-state index in [1.807, 2.05) is 0 Å². The Labute approximate surface area is 117 Å². The van der Waals surface area contributed by atoms with E-state index in [0.717, 1.165) is 0 Å². The molecule has 6 heteroatoms. The molecule has 2 aromatic carbocycles. The molecule has 0 saturated carbocycles. The minimum absolute atomic E-state index is 0.124. The van der Waals surface area contributed by atoms with Crippen LogP contribution in [0.5, 0.6) is 0 Å². The van der Waals surface area contributed by atoms with Gasteiger partial charge >= 0.3 is 6.18 Å². The summed E-state index contributed by atoms with van der Waals surface area (Å²) >= 11 is 0. The van der Waals surface area contributed by atoms with E-state index in [1.54, 1.807) is 32.0 Å². The molecule has 2 rings (SSSR count). The third-order valence-corrected chi connectivity index (χ3v) is 3.20. The monoisotopic (exact) mass is 304 g/mol. The molecule has 0 nitrogen and oxygen atoms in total. The Morgan fingerprint density at radius 1 is 0.810 bits per heavy atom. The first-order chi connectivity index (χ1) is 9.64. The van der Waals surface area contributed by atoms with Gasteiger partial charge in [-0.25, -0.2) is 13.2 Å². The maximum absolute atomic E-state index is 13.9. The highest BCUT2D eigenvalue weighted by Gasteiger charge is 2.37. The molecule has 0 radical (unpaired) electrons. The van der Waals surface area contributed by atoms with Gasteiger partial charge in [-0.15, -0.1) is 0 Å². The van der Waals surface area contributed by atoms with Crippen LogP contribution in [-0.2, 0) is 6.18 Å². The highest BCUT2D eigenvalue weighted by Crippen LogP contribution is 2.38. The molecule has 0 N–H and O–H groups in total. The first-order valence-electron chi connectivity index (χ1n) is 5.96. The summed E-state index contributed by atoms with van der Waals surface area (Å²) in [6.07, 6.45) is -5.11. The number of hydrogen-bond acceptors (Lipinski definition) is 0. The van der Waals surface area contributed by atoms with Gasteiger partial charge in [-0.1, -0.05) is 18.2 Å². The molecule has 21 heavy (non-hydrogen) atoms. The summed E-state index contributed by atoms with van der Waals surface area (Å²) in [5, 5.41) is 0. The number of halogens is 6. The molecule has 112 valence electrons. The summed E-state index contributed by atoms with van der Waals surface area (Å²) < 4.78 is 78.9. The number of hydrogen-bond donors (Lipinski definition) is 0. The number of rotatable bonds is 1. The molecule has 0 aliphatic heterocycles. The second-order valence-electron chi connectivity index (χ2n) is 4.68. The van der Waals surface area contributed by atoms with E-state index in [0.29, 0.717) is 17.2 Å². The van der Waals surface area contributed by atoms with Crippen LogP contribution >= 0.6 is 0 Å². The third kappa shape index (κ3) is 2.62. The maximum Gasteiger partial charge on any atom is 0.419 e. The Bertz CT molecular complexity index is 680. The molecule has 2 aromatic rings. The fourth-order valence-corrected chi connectivity index (χ4v) is 2.23. The maximum atomic E-state index is 13.9. The first kappa shape index (κ1) is 15.4. The van der Waals surface area contributed by atoms with Crippen molar-refractivity contribution in [1.29, 1.82) is 0 Å². The van der Waals surface area contributed by atoms with Crippen LogP contribution in [0.4, 0.5) is 26.3 Å². The standard InChI is InChI=1S/C15H10F6/c1-7-4-3-5-8(2)11(7)9-6-10(15(19,20)21)13(17)14(18)12(9)16/h3-6H,1-2H3. The normalized spacial score (nSPS) is 11.8. The average Bonchev–Trinajstić information content (AvgIpc) is 2.36. The highest BCUT2D eigenvalue weighted by molar-refractivity contribution is 5.72. The molecule has 0 spiro atoms. The second kappa shape index (κ2) is 5.09. The molecular formula is C15H10F6. The lowest BCUT2D eigenvalue weighted by Gasteiger charge is -2.15. The Balaban J connectivity index is 2.85. The van der Waals surface area contributed by atoms with Gasteiger partial charge in [-0.3, -0.25) is 0 Å². The summed E-state index contributed by atoms with van der Waals surface area (Å²) in [6, 6.07) is 5.05. The lowest BCUT2D eigenvalue weighted by atomic mass is 9.93. The zero-order valence-electron chi connectivity index (χ0n) is 11.1. The van der Waals surface area contributed by atoms with Crippen LogP contribution in [0, 0.1) is 31.3 Å². The van der Waals surface area contributed by atoms with Crippen LogP contribution in [0.1, 0.15) is 16.7 Å². The molecule has 0 bridgehead atoms. The lowest BCUT2D eigenvalue weighted by molar-refractivity contribution is -0.140. The molecule has 0 atom stereocenters. The summed E-state index contributed by atoms with van der Waals surface area (Å²) in [4.78, 5) is 0. The summed E-state index contributed by atoms with van der Waals surface area (Å²) in [5.74, 6) is -5.98. The van der Waals surface area contributed by atoms with Crippen molar-refractivity contribution in [3.05, 3.63) is 58.4 Å². The van der Waals surface area contributed by atoms with Crippen molar-refractivity contribution in [3.63, 3.8) is 0 Å². The molecule has 0 aliphatic rings. The lowest BCUT2D eigenvalue weighted by Crippen LogP contribution is -2.12. The molecular weight excluding hydrogens is 294 g/mol. The first-order valence-corrected chi connectivity index (χ1v) is 5.96. The van der Waals surface area contributed by atoms with E-state index < -0.39 is 34.8 Å². The fourth-order valence-electron chi connectivity index (χ4n) is 2.23. The smallest absolute Gasteiger partial charge is 0.203 e. The zero-order chi connectivity index (χ0) is 15.9. The summed E-state index contributed by atoms with van der Waals surface area (Å²) in [7, 11) is 0. The van der Waals surface area contributed by atoms with E-state index in [-0.39, 0.29) is 5.56 Å². The molecule has 0 aliphatic carbocycles. The quantitative estimate of drug-likeness (QED) is 0.488. The number of aryl methyl sites for hydroxylation is 2. The van der Waals surface area contributed by atoms with E-state index in [2.05, 4.69) is 0 Å². The molecule has 0 amide bonds. The fraction of sp³-hybridized carbons (Fsp3) is 0.200. The van der Waals surface area contributed by atoms with Crippen molar-refractivity contribution in [3.8, 4) is 11.1 Å². The van der Waals surface area contributed by atoms with Gasteiger partial charge in [0.1, 0.15) is 0 Å². The van der Waals surface area contributed by atoms with Crippen LogP contribution in [-0.4, -0.2) is 0 Å². The average molecular weight is 304 g/mol. The number of benzene rings is 2. The zero-order valence-corrected chi connectivity index (χ0v) is 11.1. The van der Waals surface area contributed by atoms with Gasteiger partial charge in [-0.2, -0.15) is 13.2 Å². The van der Waals surface area contributed by atoms with Crippen molar-refractivity contribution in [2.24, 2.45) is 0 Å². The topological polar surface area (TPSA) is 0 Å². The Hall–Kier alpha value is -1.98. The Morgan fingerprint density at radius 3 is 1.81 bits per heavy atom. The van der Waals surface area contributed by atoms with E-state index in [1.165, 1.54) is 0 Å². The molecule has 0 aromatic heterocycles. The van der Waals surface area contributed by atoms with Crippen molar-refractivity contribution in [2.75, 3.05) is 0 Å². The van der Waals surface area contributed by atoms with Gasteiger partial charge < -0.3 is 0 Å². The van der Waals surface area contributed by atoms with Crippen molar-refractivity contribution >= 4 is 0 Å². The highest BCUT2D eigenvalue weighted by atomic mass is 19.4. The van der Waals surface area contributed by atoms with Gasteiger partial charge in [0.25, 0.3) is 0 Å². The Kier molecular flexibility index (Phi) is 3.74. The van der Waals surface area contributed by atoms with Crippen molar-refractivity contribution < 1.29 is 26.3 Å². The second-order valence-corrected chi connectivity index (χ2v) is 4.68. The van der Waals surface area contributed by atoms with Gasteiger partial charge in [0, 0.05) is 5.56 Å². The minimum atomic E-state index is -5.11. The molecule has 0 heterocycles. The van der Waals surface area contributed by atoms with Gasteiger partial charge in [0.05, 0.1) is 5.56 Å². The van der Waals surface area contributed by atoms with E-state index >= 15 is 0 Å². The Morgan fingerprint density at radius 2 is 1.33 bits per heavy atom. The van der Waals surface area contributed by atoms with Crippen LogP contribution in [0.25, 0.3) is 11.1 Å². The van der Waals surface area contributed by atoms with Crippen LogP contribution < -0.4 is 0 Å². The molecule has 0 unspecified atom stereocenters. The molecule has 0 saturated heterocycles. The van der Waals surface area contributed by atoms with Gasteiger partial charge in [0.2, 0.25) is 0 Å². The van der Waals surface area contributed by atoms with Crippen molar-refractivity contribution in [2.45, 2.75) is 20.0 Å². The van der Waals surface area contributed by atoms with Gasteiger partial charge in [0.15, 0.2) is 17.5 Å². The van der Waals surface area contributed by atoms with Crippen LogP contribution in [0.2, 0.25) is 0 Å². The van der Waals surface area contributed by atoms with E-state index in [9.17, 15) is 26.3 Å².